The fourth-order valence-electron chi connectivity index (χ4n) is 2.46. The quantitative estimate of drug-likeness (QED) is 0.847. The SMILES string of the molecule is CNC(Cc1cc(OC)ncn1)C1COC(C)C1. The number of likely N-dealkylation sites (N-methyl/N-ethyl adjacent to an activating group) is 1. The maximum atomic E-state index is 5.63. The van der Waals surface area contributed by atoms with Gasteiger partial charge in [-0.05, 0) is 20.4 Å². The summed E-state index contributed by atoms with van der Waals surface area (Å²) in [5.41, 5.74) is 1.00. The summed E-state index contributed by atoms with van der Waals surface area (Å²) in [5.74, 6) is 1.16. The van der Waals surface area contributed by atoms with Crippen LogP contribution in [0.3, 0.4) is 0 Å². The first-order valence-electron chi connectivity index (χ1n) is 6.36. The highest BCUT2D eigenvalue weighted by Gasteiger charge is 2.29. The molecule has 3 unspecified atom stereocenters. The van der Waals surface area contributed by atoms with Crippen LogP contribution in [0.15, 0.2) is 12.4 Å². The van der Waals surface area contributed by atoms with E-state index in [0.717, 1.165) is 25.1 Å². The molecule has 5 heteroatoms. The molecule has 1 aliphatic heterocycles. The second kappa shape index (κ2) is 6.11. The summed E-state index contributed by atoms with van der Waals surface area (Å²) in [5, 5.41) is 3.37. The Hall–Kier alpha value is -1.20. The summed E-state index contributed by atoms with van der Waals surface area (Å²) in [6.07, 6.45) is 3.89. The lowest BCUT2D eigenvalue weighted by Gasteiger charge is -2.21. The molecule has 0 saturated carbocycles. The van der Waals surface area contributed by atoms with E-state index < -0.39 is 0 Å². The molecular weight excluding hydrogens is 230 g/mol. The minimum Gasteiger partial charge on any atom is -0.481 e. The summed E-state index contributed by atoms with van der Waals surface area (Å²) in [6, 6.07) is 2.28. The average molecular weight is 251 g/mol. The summed E-state index contributed by atoms with van der Waals surface area (Å²) < 4.78 is 10.7. The largest absolute Gasteiger partial charge is 0.481 e. The molecule has 1 aromatic rings. The van der Waals surface area contributed by atoms with Crippen molar-refractivity contribution in [2.24, 2.45) is 5.92 Å². The van der Waals surface area contributed by atoms with Crippen LogP contribution in [0.1, 0.15) is 19.0 Å². The zero-order valence-corrected chi connectivity index (χ0v) is 11.2. The van der Waals surface area contributed by atoms with E-state index in [1.165, 1.54) is 0 Å². The summed E-state index contributed by atoms with van der Waals surface area (Å²) >= 11 is 0. The van der Waals surface area contributed by atoms with Crippen molar-refractivity contribution in [1.29, 1.82) is 0 Å². The highest BCUT2D eigenvalue weighted by Crippen LogP contribution is 2.24. The van der Waals surface area contributed by atoms with Gasteiger partial charge in [-0.1, -0.05) is 0 Å². The first-order valence-corrected chi connectivity index (χ1v) is 6.36. The van der Waals surface area contributed by atoms with E-state index in [2.05, 4.69) is 22.2 Å². The molecule has 2 heterocycles. The third kappa shape index (κ3) is 3.17. The van der Waals surface area contributed by atoms with Crippen LogP contribution in [-0.4, -0.2) is 42.9 Å². The van der Waals surface area contributed by atoms with E-state index in [1.807, 2.05) is 13.1 Å². The number of nitrogens with zero attached hydrogens (tertiary/aromatic N) is 2. The van der Waals surface area contributed by atoms with Crippen LogP contribution < -0.4 is 10.1 Å². The van der Waals surface area contributed by atoms with Crippen molar-refractivity contribution in [2.75, 3.05) is 20.8 Å². The lowest BCUT2D eigenvalue weighted by Crippen LogP contribution is -2.36. The maximum Gasteiger partial charge on any atom is 0.216 e. The third-order valence-electron chi connectivity index (χ3n) is 3.51. The van der Waals surface area contributed by atoms with E-state index >= 15 is 0 Å². The molecule has 0 radical (unpaired) electrons. The van der Waals surface area contributed by atoms with Crippen LogP contribution in [0, 0.1) is 5.92 Å². The molecule has 1 fully saturated rings. The van der Waals surface area contributed by atoms with E-state index in [1.54, 1.807) is 13.4 Å². The van der Waals surface area contributed by atoms with Gasteiger partial charge >= 0.3 is 0 Å². The van der Waals surface area contributed by atoms with Gasteiger partial charge in [-0.3, -0.25) is 0 Å². The minimum atomic E-state index is 0.366. The van der Waals surface area contributed by atoms with Crippen molar-refractivity contribution in [3.63, 3.8) is 0 Å². The number of aromatic nitrogens is 2. The van der Waals surface area contributed by atoms with Crippen LogP contribution in [0.4, 0.5) is 0 Å². The van der Waals surface area contributed by atoms with Gasteiger partial charge in [0.25, 0.3) is 0 Å². The standard InChI is InChI=1S/C13H21N3O2/c1-9-4-10(7-18-9)12(14-2)5-11-6-13(17-3)16-8-15-11/h6,8-10,12,14H,4-5,7H2,1-3H3. The summed E-state index contributed by atoms with van der Waals surface area (Å²) in [7, 11) is 3.61. The molecule has 0 aromatic carbocycles. The van der Waals surface area contributed by atoms with E-state index in [-0.39, 0.29) is 0 Å². The first-order chi connectivity index (χ1) is 8.72. The number of methoxy groups -OCH3 is 1. The lowest BCUT2D eigenvalue weighted by atomic mass is 9.93. The van der Waals surface area contributed by atoms with Gasteiger partial charge in [0.15, 0.2) is 0 Å². The molecule has 1 N–H and O–H groups in total. The highest BCUT2D eigenvalue weighted by atomic mass is 16.5. The molecule has 2 rings (SSSR count). The van der Waals surface area contributed by atoms with Crippen LogP contribution >= 0.6 is 0 Å². The van der Waals surface area contributed by atoms with Crippen LogP contribution in [0.2, 0.25) is 0 Å². The normalized spacial score (nSPS) is 25.1. The van der Waals surface area contributed by atoms with Crippen molar-refractivity contribution in [3.05, 3.63) is 18.1 Å². The molecule has 1 saturated heterocycles. The van der Waals surface area contributed by atoms with Gasteiger partial charge in [-0.25, -0.2) is 9.97 Å². The highest BCUT2D eigenvalue weighted by molar-refractivity contribution is 5.14. The van der Waals surface area contributed by atoms with E-state index in [4.69, 9.17) is 9.47 Å². The number of hydrogen-bond acceptors (Lipinski definition) is 5. The second-order valence-electron chi connectivity index (χ2n) is 4.79. The van der Waals surface area contributed by atoms with Gasteiger partial charge in [0.1, 0.15) is 6.33 Å². The topological polar surface area (TPSA) is 56.3 Å². The van der Waals surface area contributed by atoms with Crippen LogP contribution in [-0.2, 0) is 11.2 Å². The van der Waals surface area contributed by atoms with E-state index in [9.17, 15) is 0 Å². The molecule has 0 amide bonds. The zero-order valence-electron chi connectivity index (χ0n) is 11.2. The van der Waals surface area contributed by atoms with E-state index in [0.29, 0.717) is 23.9 Å². The fraction of sp³-hybridized carbons (Fsp3) is 0.692. The molecule has 3 atom stereocenters. The van der Waals surface area contributed by atoms with Crippen molar-refractivity contribution < 1.29 is 9.47 Å². The molecule has 1 aromatic heterocycles. The summed E-state index contributed by atoms with van der Waals surface area (Å²) in [6.45, 7) is 2.95. The van der Waals surface area contributed by atoms with Crippen LogP contribution in [0.5, 0.6) is 5.88 Å². The number of ether oxygens (including phenoxy) is 2. The predicted molar refractivity (Wildman–Crippen MR) is 68.7 cm³/mol. The van der Waals surface area contributed by atoms with Gasteiger partial charge in [-0.2, -0.15) is 0 Å². The van der Waals surface area contributed by atoms with Gasteiger partial charge < -0.3 is 14.8 Å². The zero-order chi connectivity index (χ0) is 13.0. The molecular formula is C13H21N3O2. The molecule has 18 heavy (non-hydrogen) atoms. The molecule has 0 aliphatic carbocycles. The van der Waals surface area contributed by atoms with Crippen molar-refractivity contribution in [2.45, 2.75) is 31.9 Å². The summed E-state index contributed by atoms with van der Waals surface area (Å²) in [4.78, 5) is 8.32. The fourth-order valence-corrected chi connectivity index (χ4v) is 2.46. The smallest absolute Gasteiger partial charge is 0.216 e. The molecule has 5 nitrogen and oxygen atoms in total. The maximum absolute atomic E-state index is 5.63. The Morgan fingerprint density at radius 1 is 1.56 bits per heavy atom. The minimum absolute atomic E-state index is 0.366. The second-order valence-corrected chi connectivity index (χ2v) is 4.79. The first kappa shape index (κ1) is 13.2. The number of nitrogens with one attached hydrogen (secondary N) is 1. The van der Waals surface area contributed by atoms with Gasteiger partial charge in [0.05, 0.1) is 19.8 Å². The molecule has 0 spiro atoms. The monoisotopic (exact) mass is 251 g/mol. The Morgan fingerprint density at radius 2 is 2.39 bits per heavy atom. The average Bonchev–Trinajstić information content (AvgIpc) is 2.82. The number of hydrogen-bond donors (Lipinski definition) is 1. The Bertz CT molecular complexity index is 386. The Morgan fingerprint density at radius 3 is 3.00 bits per heavy atom. The van der Waals surface area contributed by atoms with Gasteiger partial charge in [0.2, 0.25) is 5.88 Å². The molecule has 0 bridgehead atoms. The van der Waals surface area contributed by atoms with Crippen molar-refractivity contribution in [1.82, 2.24) is 15.3 Å². The lowest BCUT2D eigenvalue weighted by molar-refractivity contribution is 0.117. The molecule has 100 valence electrons. The number of rotatable bonds is 5. The van der Waals surface area contributed by atoms with Crippen LogP contribution in [0.25, 0.3) is 0 Å². The Balaban J connectivity index is 2.01. The van der Waals surface area contributed by atoms with Crippen molar-refractivity contribution in [3.8, 4) is 5.88 Å². The molecule has 1 aliphatic rings. The van der Waals surface area contributed by atoms with Gasteiger partial charge in [0, 0.05) is 30.1 Å². The Kier molecular flexibility index (Phi) is 4.49. The predicted octanol–water partition coefficient (Wildman–Crippen LogP) is 1.04. The van der Waals surface area contributed by atoms with Gasteiger partial charge in [-0.15, -0.1) is 0 Å². The van der Waals surface area contributed by atoms with Crippen molar-refractivity contribution >= 4 is 0 Å². The third-order valence-corrected chi connectivity index (χ3v) is 3.51. The Labute approximate surface area is 108 Å².